The number of aliphatic imine (C=N–C) groups is 1. The summed E-state index contributed by atoms with van der Waals surface area (Å²) in [6, 6.07) is 0.183. The number of rotatable bonds is 3. The maximum Gasteiger partial charge on any atom is 0.211 e. The smallest absolute Gasteiger partial charge is 0.211 e. The van der Waals surface area contributed by atoms with E-state index >= 15 is 0 Å². The lowest BCUT2D eigenvalue weighted by atomic mass is 10.0. The second-order valence-corrected chi connectivity index (χ2v) is 8.02. The third-order valence-electron chi connectivity index (χ3n) is 4.25. The van der Waals surface area contributed by atoms with E-state index in [1.807, 2.05) is 20.8 Å². The molecule has 0 saturated carbocycles. The van der Waals surface area contributed by atoms with Gasteiger partial charge in [0.15, 0.2) is 0 Å². The second kappa shape index (κ2) is 5.15. The highest BCUT2D eigenvalue weighted by molar-refractivity contribution is 7.88. The van der Waals surface area contributed by atoms with Crippen molar-refractivity contribution in [1.82, 2.24) is 9.21 Å². The predicted molar refractivity (Wildman–Crippen MR) is 82.2 cm³/mol. The number of hydrogen-bond acceptors (Lipinski definition) is 4. The van der Waals surface area contributed by atoms with Gasteiger partial charge in [0.1, 0.15) is 5.84 Å². The lowest BCUT2D eigenvalue weighted by molar-refractivity contribution is 0.279. The molecule has 2 rings (SSSR count). The molecule has 0 spiro atoms. The zero-order chi connectivity index (χ0) is 15.2. The van der Waals surface area contributed by atoms with Gasteiger partial charge in [-0.15, -0.1) is 0 Å². The van der Waals surface area contributed by atoms with Gasteiger partial charge in [0.2, 0.25) is 10.0 Å². The average Bonchev–Trinajstić information content (AvgIpc) is 2.68. The highest BCUT2D eigenvalue weighted by Crippen LogP contribution is 2.34. The van der Waals surface area contributed by atoms with Crippen LogP contribution in [0.4, 0.5) is 0 Å². The Kier molecular flexibility index (Phi) is 3.99. The molecule has 20 heavy (non-hydrogen) atoms. The summed E-state index contributed by atoms with van der Waals surface area (Å²) in [7, 11) is -3.19. The lowest BCUT2D eigenvalue weighted by Gasteiger charge is -2.30. The van der Waals surface area contributed by atoms with Crippen LogP contribution in [0.2, 0.25) is 0 Å². The first-order valence-corrected chi connectivity index (χ1v) is 8.97. The second-order valence-electron chi connectivity index (χ2n) is 6.14. The van der Waals surface area contributed by atoms with Crippen LogP contribution < -0.4 is 0 Å². The zero-order valence-electron chi connectivity index (χ0n) is 13.2. The van der Waals surface area contributed by atoms with Crippen LogP contribution >= 0.6 is 0 Å². The van der Waals surface area contributed by atoms with Crippen LogP contribution in [0.5, 0.6) is 0 Å². The summed E-state index contributed by atoms with van der Waals surface area (Å²) in [6.07, 6.45) is 2.09. The molecule has 0 aromatic rings. The molecule has 2 unspecified atom stereocenters. The van der Waals surface area contributed by atoms with E-state index in [1.165, 1.54) is 17.5 Å². The predicted octanol–water partition coefficient (Wildman–Crippen LogP) is 1.83. The van der Waals surface area contributed by atoms with E-state index in [1.54, 1.807) is 4.31 Å². The number of nitrogens with zero attached hydrogens (tertiary/aromatic N) is 3. The lowest BCUT2D eigenvalue weighted by Crippen LogP contribution is -2.46. The van der Waals surface area contributed by atoms with Crippen molar-refractivity contribution in [2.75, 3.05) is 12.8 Å². The minimum absolute atomic E-state index is 0.00500. The quantitative estimate of drug-likeness (QED) is 0.799. The van der Waals surface area contributed by atoms with Gasteiger partial charge in [0, 0.05) is 30.7 Å². The maximum atomic E-state index is 12.1. The number of fused-ring (bicyclic) bond motifs is 1. The summed E-state index contributed by atoms with van der Waals surface area (Å²) in [4.78, 5) is 6.81. The molecule has 2 aliphatic rings. The number of hydrogen-bond donors (Lipinski definition) is 0. The topological polar surface area (TPSA) is 53.0 Å². The molecule has 2 atom stereocenters. The Morgan fingerprint density at radius 2 is 1.95 bits per heavy atom. The molecule has 0 bridgehead atoms. The summed E-state index contributed by atoms with van der Waals surface area (Å²) in [5, 5.41) is 0. The number of sulfonamides is 1. The van der Waals surface area contributed by atoms with E-state index in [0.29, 0.717) is 6.54 Å². The molecule has 114 valence electrons. The molecule has 5 nitrogen and oxygen atoms in total. The molecule has 0 aromatic heterocycles. The van der Waals surface area contributed by atoms with Crippen molar-refractivity contribution < 1.29 is 8.42 Å². The first-order chi connectivity index (χ1) is 9.12. The summed E-state index contributed by atoms with van der Waals surface area (Å²) < 4.78 is 25.8. The van der Waals surface area contributed by atoms with E-state index in [0.717, 1.165) is 12.3 Å². The molecular formula is C14H25N3O2S. The molecule has 0 aliphatic carbocycles. The fraction of sp³-hybridized carbons (Fsp3) is 0.786. The zero-order valence-corrected chi connectivity index (χ0v) is 14.0. The SMILES string of the molecule is CC1=NC(C)C(C)=C2CC(N(C(C)C)S(C)(=O)=O)CN12. The molecule has 2 heterocycles. The molecule has 0 radical (unpaired) electrons. The first-order valence-electron chi connectivity index (χ1n) is 7.13. The van der Waals surface area contributed by atoms with E-state index in [4.69, 9.17) is 0 Å². The van der Waals surface area contributed by atoms with E-state index in [-0.39, 0.29) is 18.1 Å². The van der Waals surface area contributed by atoms with Crippen molar-refractivity contribution in [1.29, 1.82) is 0 Å². The highest BCUT2D eigenvalue weighted by Gasteiger charge is 2.39. The maximum absolute atomic E-state index is 12.1. The van der Waals surface area contributed by atoms with Crippen LogP contribution in [-0.4, -0.2) is 54.4 Å². The third-order valence-corrected chi connectivity index (χ3v) is 5.74. The van der Waals surface area contributed by atoms with Crippen molar-refractivity contribution >= 4 is 15.9 Å². The van der Waals surface area contributed by atoms with Crippen molar-refractivity contribution in [3.8, 4) is 0 Å². The normalized spacial score (nSPS) is 27.4. The van der Waals surface area contributed by atoms with Crippen LogP contribution in [0, 0.1) is 0 Å². The Morgan fingerprint density at radius 1 is 1.35 bits per heavy atom. The molecule has 1 saturated heterocycles. The summed E-state index contributed by atoms with van der Waals surface area (Å²) in [6.45, 7) is 10.8. The summed E-state index contributed by atoms with van der Waals surface area (Å²) in [5.74, 6) is 0.998. The molecule has 0 aromatic carbocycles. The highest BCUT2D eigenvalue weighted by atomic mass is 32.2. The van der Waals surface area contributed by atoms with Crippen LogP contribution in [0.25, 0.3) is 0 Å². The first kappa shape index (κ1) is 15.5. The fourth-order valence-electron chi connectivity index (χ4n) is 3.35. The van der Waals surface area contributed by atoms with E-state index in [2.05, 4.69) is 23.7 Å². The van der Waals surface area contributed by atoms with Gasteiger partial charge < -0.3 is 4.90 Å². The number of amidine groups is 1. The molecule has 0 N–H and O–H groups in total. The van der Waals surface area contributed by atoms with Gasteiger partial charge in [-0.2, -0.15) is 4.31 Å². The summed E-state index contributed by atoms with van der Waals surface area (Å²) in [5.41, 5.74) is 2.51. The van der Waals surface area contributed by atoms with Gasteiger partial charge in [-0.25, -0.2) is 8.42 Å². The minimum atomic E-state index is -3.19. The average molecular weight is 299 g/mol. The van der Waals surface area contributed by atoms with Crippen LogP contribution in [-0.2, 0) is 10.0 Å². The molecule has 1 fully saturated rings. The van der Waals surface area contributed by atoms with Gasteiger partial charge in [-0.05, 0) is 40.2 Å². The monoisotopic (exact) mass is 299 g/mol. The van der Waals surface area contributed by atoms with Gasteiger partial charge in [-0.1, -0.05) is 0 Å². The Morgan fingerprint density at radius 3 is 2.45 bits per heavy atom. The van der Waals surface area contributed by atoms with Gasteiger partial charge in [-0.3, -0.25) is 4.99 Å². The van der Waals surface area contributed by atoms with Crippen molar-refractivity contribution in [2.45, 2.75) is 59.2 Å². The Labute approximate surface area is 122 Å². The largest absolute Gasteiger partial charge is 0.332 e. The minimum Gasteiger partial charge on any atom is -0.332 e. The third kappa shape index (κ3) is 2.63. The Hall–Kier alpha value is -0.880. The van der Waals surface area contributed by atoms with Gasteiger partial charge in [0.05, 0.1) is 12.3 Å². The van der Waals surface area contributed by atoms with Crippen molar-refractivity contribution in [3.63, 3.8) is 0 Å². The van der Waals surface area contributed by atoms with E-state index in [9.17, 15) is 8.42 Å². The molecule has 0 amide bonds. The van der Waals surface area contributed by atoms with Crippen LogP contribution in [0.3, 0.4) is 0 Å². The Balaban J connectivity index is 2.34. The summed E-state index contributed by atoms with van der Waals surface area (Å²) >= 11 is 0. The standard InChI is InChI=1S/C14H25N3O2S/c1-9(2)17(20(6,18)19)13-7-14-10(3)11(4)15-12(5)16(14)8-13/h9,11,13H,7-8H2,1-6H3. The Bertz CT molecular complexity index is 563. The molecule has 2 aliphatic heterocycles. The van der Waals surface area contributed by atoms with Crippen molar-refractivity contribution in [2.24, 2.45) is 4.99 Å². The van der Waals surface area contributed by atoms with Crippen LogP contribution in [0.1, 0.15) is 41.0 Å². The molecular weight excluding hydrogens is 274 g/mol. The van der Waals surface area contributed by atoms with Gasteiger partial charge >= 0.3 is 0 Å². The molecule has 6 heteroatoms. The van der Waals surface area contributed by atoms with Crippen molar-refractivity contribution in [3.05, 3.63) is 11.3 Å². The fourth-order valence-corrected chi connectivity index (χ4v) is 4.80. The van der Waals surface area contributed by atoms with E-state index < -0.39 is 10.0 Å². The van der Waals surface area contributed by atoms with Crippen LogP contribution in [0.15, 0.2) is 16.3 Å². The van der Waals surface area contributed by atoms with Gasteiger partial charge in [0.25, 0.3) is 0 Å².